The number of hydrogen-bond donors (Lipinski definition) is 1. The molecule has 2 atom stereocenters. The van der Waals surface area contributed by atoms with Crippen molar-refractivity contribution in [2.45, 2.75) is 26.3 Å². The van der Waals surface area contributed by atoms with Gasteiger partial charge in [0.05, 0.1) is 7.11 Å². The molecule has 1 N–H and O–H groups in total. The minimum absolute atomic E-state index is 0.664. The fourth-order valence-corrected chi connectivity index (χ4v) is 2.75. The Kier molecular flexibility index (Phi) is 4.48. The summed E-state index contributed by atoms with van der Waals surface area (Å²) in [5.41, 5.74) is 1.27. The van der Waals surface area contributed by atoms with Crippen LogP contribution in [0.4, 0.5) is 5.69 Å². The van der Waals surface area contributed by atoms with Crippen molar-refractivity contribution in [3.8, 4) is 5.75 Å². The Labute approximate surface area is 110 Å². The maximum atomic E-state index is 5.29. The highest BCUT2D eigenvalue weighted by Gasteiger charge is 2.25. The smallest absolute Gasteiger partial charge is 0.120 e. The Balaban J connectivity index is 2.02. The Morgan fingerprint density at radius 2 is 2.28 bits per heavy atom. The molecular weight excluding hydrogens is 224 g/mol. The summed E-state index contributed by atoms with van der Waals surface area (Å²) in [6, 6.07) is 9.02. The van der Waals surface area contributed by atoms with Gasteiger partial charge in [0.25, 0.3) is 0 Å². The van der Waals surface area contributed by atoms with Gasteiger partial charge in [-0.1, -0.05) is 19.9 Å². The normalized spacial score (nSPS) is 24.1. The van der Waals surface area contributed by atoms with E-state index in [1.807, 2.05) is 6.07 Å². The second-order valence-electron chi connectivity index (χ2n) is 5.08. The van der Waals surface area contributed by atoms with E-state index in [9.17, 15) is 0 Å². The van der Waals surface area contributed by atoms with E-state index in [2.05, 4.69) is 42.3 Å². The highest BCUT2D eigenvalue weighted by molar-refractivity contribution is 5.51. The zero-order valence-electron chi connectivity index (χ0n) is 11.6. The third kappa shape index (κ3) is 2.96. The molecule has 2 rings (SSSR count). The summed E-state index contributed by atoms with van der Waals surface area (Å²) in [6.45, 7) is 7.81. The molecule has 1 aliphatic heterocycles. The van der Waals surface area contributed by atoms with Crippen LogP contribution in [0.25, 0.3) is 0 Å². The van der Waals surface area contributed by atoms with Crippen LogP contribution in [-0.2, 0) is 0 Å². The second-order valence-corrected chi connectivity index (χ2v) is 5.08. The van der Waals surface area contributed by atoms with Crippen LogP contribution in [0.2, 0.25) is 0 Å². The zero-order valence-corrected chi connectivity index (χ0v) is 11.6. The molecule has 1 aliphatic rings. The first-order chi connectivity index (χ1) is 8.74. The fourth-order valence-electron chi connectivity index (χ4n) is 2.75. The molecule has 1 aromatic carbocycles. The molecule has 18 heavy (non-hydrogen) atoms. The lowest BCUT2D eigenvalue weighted by atomic mass is 9.93. The van der Waals surface area contributed by atoms with E-state index < -0.39 is 0 Å². The van der Waals surface area contributed by atoms with Crippen molar-refractivity contribution in [2.75, 3.05) is 31.6 Å². The maximum Gasteiger partial charge on any atom is 0.120 e. The number of nitrogens with zero attached hydrogens (tertiary/aromatic N) is 1. The molecule has 0 spiro atoms. The summed E-state index contributed by atoms with van der Waals surface area (Å²) >= 11 is 0. The van der Waals surface area contributed by atoms with Crippen LogP contribution in [0.5, 0.6) is 5.75 Å². The van der Waals surface area contributed by atoms with E-state index >= 15 is 0 Å². The SMILES string of the molecule is CCNC1CCN(c2cccc(OC)c2)CC1C. The van der Waals surface area contributed by atoms with Gasteiger partial charge in [-0.05, 0) is 31.0 Å². The number of methoxy groups -OCH3 is 1. The van der Waals surface area contributed by atoms with Crippen LogP contribution in [0.1, 0.15) is 20.3 Å². The van der Waals surface area contributed by atoms with Gasteiger partial charge in [0.15, 0.2) is 0 Å². The van der Waals surface area contributed by atoms with Crippen molar-refractivity contribution < 1.29 is 4.74 Å². The molecule has 3 nitrogen and oxygen atoms in total. The minimum Gasteiger partial charge on any atom is -0.497 e. The molecule has 0 saturated carbocycles. The number of nitrogens with one attached hydrogen (secondary N) is 1. The lowest BCUT2D eigenvalue weighted by molar-refractivity contribution is 0.326. The molecule has 0 amide bonds. The predicted molar refractivity (Wildman–Crippen MR) is 76.5 cm³/mol. The van der Waals surface area contributed by atoms with Gasteiger partial charge in [-0.15, -0.1) is 0 Å². The topological polar surface area (TPSA) is 24.5 Å². The van der Waals surface area contributed by atoms with E-state index in [1.165, 1.54) is 12.1 Å². The summed E-state index contributed by atoms with van der Waals surface area (Å²) in [7, 11) is 1.72. The molecular formula is C15H24N2O. The van der Waals surface area contributed by atoms with E-state index in [1.54, 1.807) is 7.11 Å². The molecule has 1 heterocycles. The molecule has 3 heteroatoms. The Bertz CT molecular complexity index is 381. The summed E-state index contributed by atoms with van der Waals surface area (Å²) in [6.07, 6.45) is 1.21. The Hall–Kier alpha value is -1.22. The van der Waals surface area contributed by atoms with Crippen LogP contribution in [0.3, 0.4) is 0 Å². The highest BCUT2D eigenvalue weighted by atomic mass is 16.5. The maximum absolute atomic E-state index is 5.29. The summed E-state index contributed by atoms with van der Waals surface area (Å²) in [5.74, 6) is 1.62. The van der Waals surface area contributed by atoms with E-state index in [-0.39, 0.29) is 0 Å². The van der Waals surface area contributed by atoms with E-state index in [4.69, 9.17) is 4.74 Å². The van der Waals surface area contributed by atoms with E-state index in [0.29, 0.717) is 12.0 Å². The number of anilines is 1. The van der Waals surface area contributed by atoms with Gasteiger partial charge in [0, 0.05) is 30.9 Å². The minimum atomic E-state index is 0.664. The highest BCUT2D eigenvalue weighted by Crippen LogP contribution is 2.26. The number of hydrogen-bond acceptors (Lipinski definition) is 3. The molecule has 0 aliphatic carbocycles. The van der Waals surface area contributed by atoms with Gasteiger partial charge >= 0.3 is 0 Å². The lowest BCUT2D eigenvalue weighted by Gasteiger charge is -2.38. The third-order valence-electron chi connectivity index (χ3n) is 3.79. The standard InChI is InChI=1S/C15H24N2O/c1-4-16-15-8-9-17(11-12(15)2)13-6-5-7-14(10-13)18-3/h5-7,10,12,15-16H,4,8-9,11H2,1-3H3. The molecule has 1 fully saturated rings. The van der Waals surface area contributed by atoms with Crippen molar-refractivity contribution in [1.29, 1.82) is 0 Å². The Morgan fingerprint density at radius 3 is 2.94 bits per heavy atom. The summed E-state index contributed by atoms with van der Waals surface area (Å²) in [5, 5.41) is 3.58. The molecule has 0 radical (unpaired) electrons. The van der Waals surface area contributed by atoms with Crippen molar-refractivity contribution in [1.82, 2.24) is 5.32 Å². The lowest BCUT2D eigenvalue weighted by Crippen LogP contribution is -2.48. The van der Waals surface area contributed by atoms with Crippen LogP contribution in [0.15, 0.2) is 24.3 Å². The first-order valence-electron chi connectivity index (χ1n) is 6.87. The van der Waals surface area contributed by atoms with Gasteiger partial charge in [0.1, 0.15) is 5.75 Å². The first kappa shape index (κ1) is 13.2. The predicted octanol–water partition coefficient (Wildman–Crippen LogP) is 2.52. The average Bonchev–Trinajstić information content (AvgIpc) is 2.41. The third-order valence-corrected chi connectivity index (χ3v) is 3.79. The monoisotopic (exact) mass is 248 g/mol. The molecule has 0 bridgehead atoms. The van der Waals surface area contributed by atoms with Crippen molar-refractivity contribution in [3.05, 3.63) is 24.3 Å². The fraction of sp³-hybridized carbons (Fsp3) is 0.600. The van der Waals surface area contributed by atoms with Gasteiger partial charge in [-0.3, -0.25) is 0 Å². The largest absolute Gasteiger partial charge is 0.497 e. The van der Waals surface area contributed by atoms with Crippen LogP contribution < -0.4 is 15.0 Å². The Morgan fingerprint density at radius 1 is 1.44 bits per heavy atom. The van der Waals surface area contributed by atoms with Crippen molar-refractivity contribution in [3.63, 3.8) is 0 Å². The van der Waals surface area contributed by atoms with Crippen LogP contribution >= 0.6 is 0 Å². The summed E-state index contributed by atoms with van der Waals surface area (Å²) in [4.78, 5) is 2.46. The quantitative estimate of drug-likeness (QED) is 0.886. The number of ether oxygens (including phenoxy) is 1. The van der Waals surface area contributed by atoms with Gasteiger partial charge in [0.2, 0.25) is 0 Å². The average molecular weight is 248 g/mol. The van der Waals surface area contributed by atoms with Crippen LogP contribution in [-0.4, -0.2) is 32.8 Å². The number of benzene rings is 1. The van der Waals surface area contributed by atoms with Crippen molar-refractivity contribution in [2.24, 2.45) is 5.92 Å². The zero-order chi connectivity index (χ0) is 13.0. The van der Waals surface area contributed by atoms with Gasteiger partial charge in [-0.2, -0.15) is 0 Å². The second kappa shape index (κ2) is 6.10. The van der Waals surface area contributed by atoms with Gasteiger partial charge < -0.3 is 15.0 Å². The van der Waals surface area contributed by atoms with Crippen LogP contribution in [0, 0.1) is 5.92 Å². The van der Waals surface area contributed by atoms with E-state index in [0.717, 1.165) is 25.4 Å². The van der Waals surface area contributed by atoms with Crippen molar-refractivity contribution >= 4 is 5.69 Å². The molecule has 1 aromatic rings. The van der Waals surface area contributed by atoms with Gasteiger partial charge in [-0.25, -0.2) is 0 Å². The number of rotatable bonds is 4. The molecule has 100 valence electrons. The summed E-state index contributed by atoms with van der Waals surface area (Å²) < 4.78 is 5.29. The molecule has 1 saturated heterocycles. The molecule has 2 unspecified atom stereocenters. The molecule has 0 aromatic heterocycles. The first-order valence-corrected chi connectivity index (χ1v) is 6.87. The number of piperidine rings is 1.